The van der Waals surface area contributed by atoms with Gasteiger partial charge in [0.1, 0.15) is 0 Å². The van der Waals surface area contributed by atoms with Gasteiger partial charge in [-0.25, -0.2) is 0 Å². The third-order valence-corrected chi connectivity index (χ3v) is 3.26. The number of hydrogen-bond donors (Lipinski definition) is 1. The van der Waals surface area contributed by atoms with Gasteiger partial charge in [-0.1, -0.05) is 31.5 Å². The first-order valence-corrected chi connectivity index (χ1v) is 6.51. The van der Waals surface area contributed by atoms with E-state index in [0.29, 0.717) is 12.0 Å². The van der Waals surface area contributed by atoms with E-state index in [1.165, 1.54) is 5.56 Å². The lowest BCUT2D eigenvalue weighted by atomic mass is 10.1. The van der Waals surface area contributed by atoms with Crippen LogP contribution in [0.15, 0.2) is 18.2 Å². The molecule has 1 aromatic carbocycles. The van der Waals surface area contributed by atoms with Gasteiger partial charge in [-0.15, -0.1) is 0 Å². The molecule has 0 saturated heterocycles. The van der Waals surface area contributed by atoms with Gasteiger partial charge >= 0.3 is 0 Å². The molecule has 0 aliphatic rings. The molecule has 1 unspecified atom stereocenters. The number of nitrogens with one attached hydrogen (secondary N) is 1. The highest BCUT2D eigenvalue weighted by molar-refractivity contribution is 6.33. The van der Waals surface area contributed by atoms with Gasteiger partial charge in [0.05, 0.1) is 10.7 Å². The second-order valence-corrected chi connectivity index (χ2v) is 5.40. The Bertz CT molecular complexity index is 363. The average molecular weight is 255 g/mol. The lowest BCUT2D eigenvalue weighted by molar-refractivity contribution is 0.637. The highest BCUT2D eigenvalue weighted by Crippen LogP contribution is 2.28. The molecule has 0 radical (unpaired) electrons. The summed E-state index contributed by atoms with van der Waals surface area (Å²) < 4.78 is 0. The molecule has 0 spiro atoms. The van der Waals surface area contributed by atoms with Crippen LogP contribution in [0.25, 0.3) is 0 Å². The molecule has 1 atom stereocenters. The molecule has 0 aliphatic heterocycles. The summed E-state index contributed by atoms with van der Waals surface area (Å²) in [6.45, 7) is 7.56. The normalized spacial score (nSPS) is 12.9. The van der Waals surface area contributed by atoms with E-state index in [-0.39, 0.29) is 0 Å². The zero-order valence-electron chi connectivity index (χ0n) is 11.4. The Morgan fingerprint density at radius 1 is 1.29 bits per heavy atom. The fourth-order valence-corrected chi connectivity index (χ4v) is 2.25. The third kappa shape index (κ3) is 3.90. The summed E-state index contributed by atoms with van der Waals surface area (Å²) in [5.74, 6) is 0.631. The van der Waals surface area contributed by atoms with E-state index >= 15 is 0 Å². The van der Waals surface area contributed by atoms with Crippen LogP contribution in [0.3, 0.4) is 0 Å². The standard InChI is InChI=1S/C14H23ClN2/c1-10(2)9-17(5)14-7-6-12(8-13(14)15)11(3)16-4/h6-8,10-11,16H,9H2,1-5H3. The molecule has 0 aromatic heterocycles. The monoisotopic (exact) mass is 254 g/mol. The van der Waals surface area contributed by atoms with Gasteiger partial charge in [0.2, 0.25) is 0 Å². The van der Waals surface area contributed by atoms with Crippen molar-refractivity contribution >= 4 is 17.3 Å². The van der Waals surface area contributed by atoms with Crippen molar-refractivity contribution in [2.24, 2.45) is 5.92 Å². The lowest BCUT2D eigenvalue weighted by Crippen LogP contribution is -2.23. The van der Waals surface area contributed by atoms with Gasteiger partial charge in [-0.3, -0.25) is 0 Å². The molecule has 1 aromatic rings. The van der Waals surface area contributed by atoms with Gasteiger partial charge in [0.15, 0.2) is 0 Å². The SMILES string of the molecule is CNC(C)c1ccc(N(C)CC(C)C)c(Cl)c1. The maximum atomic E-state index is 6.34. The maximum Gasteiger partial charge on any atom is 0.0642 e. The number of halogens is 1. The first-order valence-electron chi connectivity index (χ1n) is 6.13. The van der Waals surface area contributed by atoms with Crippen molar-refractivity contribution < 1.29 is 0 Å². The zero-order valence-corrected chi connectivity index (χ0v) is 12.2. The van der Waals surface area contributed by atoms with Crippen molar-refractivity contribution in [2.45, 2.75) is 26.8 Å². The summed E-state index contributed by atoms with van der Waals surface area (Å²) in [6, 6.07) is 6.62. The highest BCUT2D eigenvalue weighted by Gasteiger charge is 2.10. The van der Waals surface area contributed by atoms with E-state index < -0.39 is 0 Å². The molecule has 17 heavy (non-hydrogen) atoms. The van der Waals surface area contributed by atoms with Crippen molar-refractivity contribution in [1.82, 2.24) is 5.32 Å². The van der Waals surface area contributed by atoms with Crippen LogP contribution < -0.4 is 10.2 Å². The molecular formula is C14H23ClN2. The molecular weight excluding hydrogens is 232 g/mol. The quantitative estimate of drug-likeness (QED) is 0.862. The van der Waals surface area contributed by atoms with Crippen LogP contribution >= 0.6 is 11.6 Å². The summed E-state index contributed by atoms with van der Waals surface area (Å²) >= 11 is 6.34. The van der Waals surface area contributed by atoms with E-state index in [1.807, 2.05) is 7.05 Å². The van der Waals surface area contributed by atoms with E-state index in [9.17, 15) is 0 Å². The van der Waals surface area contributed by atoms with E-state index in [1.54, 1.807) is 0 Å². The zero-order chi connectivity index (χ0) is 13.0. The van der Waals surface area contributed by atoms with Crippen LogP contribution in [-0.4, -0.2) is 20.6 Å². The number of nitrogens with zero attached hydrogens (tertiary/aromatic N) is 1. The van der Waals surface area contributed by atoms with Gasteiger partial charge in [0, 0.05) is 19.6 Å². The number of hydrogen-bond acceptors (Lipinski definition) is 2. The van der Waals surface area contributed by atoms with Gasteiger partial charge in [-0.2, -0.15) is 0 Å². The molecule has 1 rings (SSSR count). The smallest absolute Gasteiger partial charge is 0.0642 e. The first kappa shape index (κ1) is 14.3. The second kappa shape index (κ2) is 6.27. The fourth-order valence-electron chi connectivity index (χ4n) is 1.91. The number of benzene rings is 1. The minimum Gasteiger partial charge on any atom is -0.373 e. The van der Waals surface area contributed by atoms with Crippen LogP contribution in [0, 0.1) is 5.92 Å². The lowest BCUT2D eigenvalue weighted by Gasteiger charge is -2.23. The molecule has 1 N–H and O–H groups in total. The Morgan fingerprint density at radius 3 is 2.41 bits per heavy atom. The van der Waals surface area contributed by atoms with E-state index in [4.69, 9.17) is 11.6 Å². The molecule has 0 saturated carbocycles. The summed E-state index contributed by atoms with van der Waals surface area (Å²) in [5, 5.41) is 4.04. The summed E-state index contributed by atoms with van der Waals surface area (Å²) in [7, 11) is 4.04. The summed E-state index contributed by atoms with van der Waals surface area (Å²) in [5.41, 5.74) is 2.33. The summed E-state index contributed by atoms with van der Waals surface area (Å²) in [6.07, 6.45) is 0. The van der Waals surface area contributed by atoms with Crippen LogP contribution in [0.4, 0.5) is 5.69 Å². The second-order valence-electron chi connectivity index (χ2n) is 5.00. The number of anilines is 1. The number of rotatable bonds is 5. The van der Waals surface area contributed by atoms with E-state index in [0.717, 1.165) is 17.3 Å². The average Bonchev–Trinajstić information content (AvgIpc) is 2.26. The Labute approximate surface area is 110 Å². The molecule has 0 bridgehead atoms. The largest absolute Gasteiger partial charge is 0.373 e. The van der Waals surface area contributed by atoms with Crippen molar-refractivity contribution in [3.63, 3.8) is 0 Å². The molecule has 2 nitrogen and oxygen atoms in total. The molecule has 0 fully saturated rings. The van der Waals surface area contributed by atoms with Crippen LogP contribution in [0.5, 0.6) is 0 Å². The van der Waals surface area contributed by atoms with Crippen molar-refractivity contribution in [3.05, 3.63) is 28.8 Å². The van der Waals surface area contributed by atoms with Crippen LogP contribution in [0.2, 0.25) is 5.02 Å². The Hall–Kier alpha value is -0.730. The Morgan fingerprint density at radius 2 is 1.94 bits per heavy atom. The van der Waals surface area contributed by atoms with Crippen molar-refractivity contribution in [1.29, 1.82) is 0 Å². The highest BCUT2D eigenvalue weighted by atomic mass is 35.5. The first-order chi connectivity index (χ1) is 7.95. The molecule has 96 valence electrons. The topological polar surface area (TPSA) is 15.3 Å². The minimum absolute atomic E-state index is 0.331. The van der Waals surface area contributed by atoms with Crippen LogP contribution in [0.1, 0.15) is 32.4 Å². The van der Waals surface area contributed by atoms with Gasteiger partial charge in [-0.05, 0) is 37.6 Å². The Kier molecular flexibility index (Phi) is 5.29. The molecule has 0 aliphatic carbocycles. The molecule has 0 amide bonds. The van der Waals surface area contributed by atoms with Gasteiger partial charge in [0.25, 0.3) is 0 Å². The predicted octanol–water partition coefficient (Wildman–Crippen LogP) is 3.71. The minimum atomic E-state index is 0.331. The third-order valence-electron chi connectivity index (χ3n) is 2.96. The molecule has 3 heteroatoms. The van der Waals surface area contributed by atoms with Crippen LogP contribution in [-0.2, 0) is 0 Å². The van der Waals surface area contributed by atoms with Crippen molar-refractivity contribution in [2.75, 3.05) is 25.5 Å². The summed E-state index contributed by atoms with van der Waals surface area (Å²) in [4.78, 5) is 2.21. The predicted molar refractivity (Wildman–Crippen MR) is 77.0 cm³/mol. The Balaban J connectivity index is 2.89. The fraction of sp³-hybridized carbons (Fsp3) is 0.571. The van der Waals surface area contributed by atoms with E-state index in [2.05, 4.69) is 56.2 Å². The molecule has 0 heterocycles. The van der Waals surface area contributed by atoms with Crippen molar-refractivity contribution in [3.8, 4) is 0 Å². The van der Waals surface area contributed by atoms with Gasteiger partial charge < -0.3 is 10.2 Å². The maximum absolute atomic E-state index is 6.34.